The van der Waals surface area contributed by atoms with Crippen LogP contribution in [0.3, 0.4) is 0 Å². The Morgan fingerprint density at radius 1 is 1.47 bits per heavy atom. The molecule has 1 fully saturated rings. The third-order valence-electron chi connectivity index (χ3n) is 3.54. The number of aliphatic carboxylic acids is 1. The van der Waals surface area contributed by atoms with Crippen LogP contribution in [0.1, 0.15) is 33.1 Å². The molecule has 0 bridgehead atoms. The lowest BCUT2D eigenvalue weighted by Gasteiger charge is -2.29. The predicted octanol–water partition coefficient (Wildman–Crippen LogP) is 2.02. The van der Waals surface area contributed by atoms with E-state index in [2.05, 4.69) is 19.2 Å². The van der Waals surface area contributed by atoms with Crippen LogP contribution in [0.4, 0.5) is 4.79 Å². The van der Waals surface area contributed by atoms with Gasteiger partial charge < -0.3 is 15.3 Å². The zero-order valence-electron chi connectivity index (χ0n) is 11.9. The molecule has 1 aliphatic rings. The van der Waals surface area contributed by atoms with Gasteiger partial charge in [0.15, 0.2) is 0 Å². The second-order valence-electron chi connectivity index (χ2n) is 5.27. The van der Waals surface area contributed by atoms with Gasteiger partial charge in [0.1, 0.15) is 6.04 Å². The minimum absolute atomic E-state index is 0.231. The smallest absolute Gasteiger partial charge is 0.326 e. The van der Waals surface area contributed by atoms with Crippen molar-refractivity contribution in [3.63, 3.8) is 0 Å². The zero-order valence-corrected chi connectivity index (χ0v) is 12.7. The first-order chi connectivity index (χ1) is 8.97. The Morgan fingerprint density at radius 2 is 2.16 bits per heavy atom. The van der Waals surface area contributed by atoms with Crippen LogP contribution in [-0.2, 0) is 4.79 Å². The van der Waals surface area contributed by atoms with E-state index in [-0.39, 0.29) is 12.1 Å². The van der Waals surface area contributed by atoms with Crippen molar-refractivity contribution in [1.29, 1.82) is 0 Å². The molecule has 0 aliphatic carbocycles. The summed E-state index contributed by atoms with van der Waals surface area (Å²) in [5.74, 6) is 0.177. The molecule has 0 saturated carbocycles. The van der Waals surface area contributed by atoms with E-state index in [1.54, 1.807) is 16.7 Å². The quantitative estimate of drug-likeness (QED) is 0.784. The molecular formula is C13H24N2O3S. The molecule has 19 heavy (non-hydrogen) atoms. The van der Waals surface area contributed by atoms with Gasteiger partial charge in [-0.2, -0.15) is 11.8 Å². The number of carboxylic acid groups (broad SMARTS) is 1. The van der Waals surface area contributed by atoms with Crippen molar-refractivity contribution < 1.29 is 14.7 Å². The van der Waals surface area contributed by atoms with Crippen molar-refractivity contribution in [2.75, 3.05) is 18.6 Å². The first-order valence-corrected chi connectivity index (χ1v) is 8.15. The van der Waals surface area contributed by atoms with Gasteiger partial charge in [-0.15, -0.1) is 0 Å². The fourth-order valence-corrected chi connectivity index (χ4v) is 2.93. The molecule has 0 aromatic rings. The molecule has 0 aromatic heterocycles. The third kappa shape index (κ3) is 4.60. The van der Waals surface area contributed by atoms with Crippen LogP contribution in [0, 0.1) is 5.92 Å². The number of thioether (sulfide) groups is 1. The van der Waals surface area contributed by atoms with E-state index in [1.165, 1.54) is 0 Å². The highest BCUT2D eigenvalue weighted by molar-refractivity contribution is 7.98. The van der Waals surface area contributed by atoms with Gasteiger partial charge in [-0.3, -0.25) is 0 Å². The zero-order chi connectivity index (χ0) is 14.4. The van der Waals surface area contributed by atoms with Crippen molar-refractivity contribution in [1.82, 2.24) is 10.2 Å². The summed E-state index contributed by atoms with van der Waals surface area (Å²) in [5, 5.41) is 11.8. The average Bonchev–Trinajstić information content (AvgIpc) is 2.83. The molecule has 2 atom stereocenters. The highest BCUT2D eigenvalue weighted by atomic mass is 32.2. The second-order valence-corrected chi connectivity index (χ2v) is 6.25. The molecule has 110 valence electrons. The Bertz CT molecular complexity index is 323. The van der Waals surface area contributed by atoms with Crippen molar-refractivity contribution in [3.8, 4) is 0 Å². The summed E-state index contributed by atoms with van der Waals surface area (Å²) in [5.41, 5.74) is 0. The molecule has 1 heterocycles. The van der Waals surface area contributed by atoms with Gasteiger partial charge in [-0.25, -0.2) is 9.59 Å². The topological polar surface area (TPSA) is 69.6 Å². The molecule has 1 aliphatic heterocycles. The average molecular weight is 288 g/mol. The van der Waals surface area contributed by atoms with Gasteiger partial charge in [0.2, 0.25) is 0 Å². The number of carbonyl (C=O) groups excluding carboxylic acids is 1. The van der Waals surface area contributed by atoms with Gasteiger partial charge >= 0.3 is 12.0 Å². The summed E-state index contributed by atoms with van der Waals surface area (Å²) in [6.07, 6.45) is 4.39. The van der Waals surface area contributed by atoms with Crippen LogP contribution in [-0.4, -0.2) is 52.6 Å². The van der Waals surface area contributed by atoms with Crippen LogP contribution in [0.15, 0.2) is 0 Å². The van der Waals surface area contributed by atoms with Gasteiger partial charge in [0.05, 0.1) is 0 Å². The fraction of sp³-hybridized carbons (Fsp3) is 0.846. The van der Waals surface area contributed by atoms with Gasteiger partial charge in [-0.1, -0.05) is 13.8 Å². The van der Waals surface area contributed by atoms with Crippen molar-refractivity contribution >= 4 is 23.8 Å². The van der Waals surface area contributed by atoms with Crippen molar-refractivity contribution in [2.45, 2.75) is 45.2 Å². The lowest BCUT2D eigenvalue weighted by molar-refractivity contribution is -0.139. The highest BCUT2D eigenvalue weighted by Gasteiger charge is 2.32. The largest absolute Gasteiger partial charge is 0.480 e. The summed E-state index contributed by atoms with van der Waals surface area (Å²) < 4.78 is 0. The van der Waals surface area contributed by atoms with Crippen LogP contribution in [0.2, 0.25) is 0 Å². The summed E-state index contributed by atoms with van der Waals surface area (Å²) in [6, 6.07) is -0.784. The van der Waals surface area contributed by atoms with E-state index in [4.69, 9.17) is 5.11 Å². The molecule has 2 N–H and O–H groups in total. The van der Waals surface area contributed by atoms with Crippen LogP contribution >= 0.6 is 11.8 Å². The molecule has 1 rings (SSSR count). The fourth-order valence-electron chi connectivity index (χ4n) is 2.46. The molecule has 6 heteroatoms. The number of nitrogens with zero attached hydrogens (tertiary/aromatic N) is 1. The maximum absolute atomic E-state index is 12.2. The molecule has 2 amide bonds. The Labute approximate surface area is 119 Å². The maximum atomic E-state index is 12.2. The van der Waals surface area contributed by atoms with Crippen molar-refractivity contribution in [3.05, 3.63) is 0 Å². The van der Waals surface area contributed by atoms with Gasteiger partial charge in [0.25, 0.3) is 0 Å². The molecule has 0 spiro atoms. The number of amides is 2. The normalized spacial score (nSPS) is 20.6. The second kappa shape index (κ2) is 7.62. The van der Waals surface area contributed by atoms with Crippen LogP contribution < -0.4 is 5.32 Å². The number of rotatable bonds is 6. The molecular weight excluding hydrogens is 264 g/mol. The van der Waals surface area contributed by atoms with E-state index in [9.17, 15) is 9.59 Å². The Balaban J connectivity index is 2.58. The van der Waals surface area contributed by atoms with Crippen LogP contribution in [0.25, 0.3) is 0 Å². The van der Waals surface area contributed by atoms with E-state index in [0.717, 1.165) is 25.1 Å². The lowest BCUT2D eigenvalue weighted by Crippen LogP contribution is -2.50. The third-order valence-corrected chi connectivity index (χ3v) is 4.18. The number of likely N-dealkylation sites (tertiary alicyclic amines) is 1. The molecule has 0 radical (unpaired) electrons. The maximum Gasteiger partial charge on any atom is 0.326 e. The molecule has 5 nitrogen and oxygen atoms in total. The Hall–Kier alpha value is -0.910. The molecule has 1 unspecified atom stereocenters. The summed E-state index contributed by atoms with van der Waals surface area (Å²) >= 11 is 1.58. The minimum atomic E-state index is -0.956. The number of carbonyl (C=O) groups is 2. The first kappa shape index (κ1) is 16.1. The SMILES string of the molecule is CSCC[C@H](NC(=O)N1CCCC1C(C)C)C(=O)O. The van der Waals surface area contributed by atoms with E-state index in [0.29, 0.717) is 12.3 Å². The standard InChI is InChI=1S/C13H24N2O3S/c1-9(2)11-5-4-7-15(11)13(18)14-10(12(16)17)6-8-19-3/h9-11H,4-8H2,1-3H3,(H,14,18)(H,16,17)/t10-,11?/m0/s1. The number of urea groups is 1. The lowest BCUT2D eigenvalue weighted by atomic mass is 10.0. The molecule has 0 aromatic carbocycles. The first-order valence-electron chi connectivity index (χ1n) is 6.76. The summed E-state index contributed by atoms with van der Waals surface area (Å²) in [7, 11) is 0. The molecule has 1 saturated heterocycles. The minimum Gasteiger partial charge on any atom is -0.480 e. The number of hydrogen-bond acceptors (Lipinski definition) is 3. The van der Waals surface area contributed by atoms with E-state index in [1.807, 2.05) is 6.26 Å². The highest BCUT2D eigenvalue weighted by Crippen LogP contribution is 2.23. The number of carboxylic acids is 1. The van der Waals surface area contributed by atoms with Gasteiger partial charge in [-0.05, 0) is 37.2 Å². The summed E-state index contributed by atoms with van der Waals surface area (Å²) in [4.78, 5) is 25.1. The number of hydrogen-bond donors (Lipinski definition) is 2. The summed E-state index contributed by atoms with van der Waals surface area (Å²) in [6.45, 7) is 4.92. The Morgan fingerprint density at radius 3 is 2.68 bits per heavy atom. The Kier molecular flexibility index (Phi) is 6.48. The monoisotopic (exact) mass is 288 g/mol. The van der Waals surface area contributed by atoms with E-state index < -0.39 is 12.0 Å². The van der Waals surface area contributed by atoms with Crippen LogP contribution in [0.5, 0.6) is 0 Å². The number of nitrogens with one attached hydrogen (secondary N) is 1. The van der Waals surface area contributed by atoms with Crippen molar-refractivity contribution in [2.24, 2.45) is 5.92 Å². The van der Waals surface area contributed by atoms with E-state index >= 15 is 0 Å². The predicted molar refractivity (Wildman–Crippen MR) is 77.5 cm³/mol. The van der Waals surface area contributed by atoms with Gasteiger partial charge in [0, 0.05) is 12.6 Å².